The van der Waals surface area contributed by atoms with Crippen molar-refractivity contribution in [2.75, 3.05) is 18.4 Å². The first kappa shape index (κ1) is 17.2. The summed E-state index contributed by atoms with van der Waals surface area (Å²) in [5, 5.41) is 15.1. The van der Waals surface area contributed by atoms with E-state index in [1.807, 2.05) is 0 Å². The summed E-state index contributed by atoms with van der Waals surface area (Å²) in [7, 11) is 0. The Kier molecular flexibility index (Phi) is 4.62. The Labute approximate surface area is 140 Å². The number of halogens is 3. The van der Waals surface area contributed by atoms with Crippen molar-refractivity contribution in [3.05, 3.63) is 29.7 Å². The van der Waals surface area contributed by atoms with Gasteiger partial charge in [-0.2, -0.15) is 13.2 Å². The number of hydrogen-bond acceptors (Lipinski definition) is 5. The van der Waals surface area contributed by atoms with Gasteiger partial charge in [0.25, 0.3) is 0 Å². The maximum atomic E-state index is 13.3. The topological polar surface area (TPSA) is 103 Å². The third-order valence-electron chi connectivity index (χ3n) is 3.91. The van der Waals surface area contributed by atoms with E-state index in [0.29, 0.717) is 12.7 Å². The van der Waals surface area contributed by atoms with Crippen LogP contribution in [-0.4, -0.2) is 45.2 Å². The number of aromatic nitrogens is 3. The van der Waals surface area contributed by atoms with E-state index in [1.165, 1.54) is 6.20 Å². The molecule has 10 heteroatoms. The molecule has 4 N–H and O–H groups in total. The molecule has 1 aliphatic rings. The molecule has 0 spiro atoms. The van der Waals surface area contributed by atoms with Gasteiger partial charge < -0.3 is 20.7 Å². The minimum atomic E-state index is -4.65. The van der Waals surface area contributed by atoms with E-state index in [1.54, 1.807) is 0 Å². The van der Waals surface area contributed by atoms with Crippen LogP contribution in [0.1, 0.15) is 28.9 Å². The second-order valence-electron chi connectivity index (χ2n) is 5.75. The Balaban J connectivity index is 1.96. The molecule has 0 bridgehead atoms. The lowest BCUT2D eigenvalue weighted by Crippen LogP contribution is -2.38. The molecule has 0 aliphatic carbocycles. The summed E-state index contributed by atoms with van der Waals surface area (Å²) >= 11 is 0. The number of aromatic amines is 1. The van der Waals surface area contributed by atoms with E-state index in [-0.39, 0.29) is 28.9 Å². The van der Waals surface area contributed by atoms with E-state index in [9.17, 15) is 18.0 Å². The summed E-state index contributed by atoms with van der Waals surface area (Å²) in [6.07, 6.45) is -0.937. The third-order valence-corrected chi connectivity index (χ3v) is 3.91. The zero-order valence-electron chi connectivity index (χ0n) is 13.0. The first-order valence-electron chi connectivity index (χ1n) is 7.68. The maximum Gasteiger partial charge on any atom is 0.419 e. The number of rotatable bonds is 4. The molecular formula is C15H16F3N5O2. The minimum absolute atomic E-state index is 0.0270. The van der Waals surface area contributed by atoms with Gasteiger partial charge in [-0.05, 0) is 25.5 Å². The average Bonchev–Trinajstić information content (AvgIpc) is 3.05. The van der Waals surface area contributed by atoms with Crippen LogP contribution in [0.2, 0.25) is 0 Å². The normalized spacial score (nSPS) is 18.1. The monoisotopic (exact) mass is 355 g/mol. The molecule has 1 saturated heterocycles. The van der Waals surface area contributed by atoms with Crippen molar-refractivity contribution >= 4 is 11.9 Å². The van der Waals surface area contributed by atoms with Gasteiger partial charge in [-0.3, -0.25) is 0 Å². The number of piperidine rings is 1. The van der Waals surface area contributed by atoms with Gasteiger partial charge in [0, 0.05) is 30.5 Å². The van der Waals surface area contributed by atoms with E-state index in [4.69, 9.17) is 5.11 Å². The van der Waals surface area contributed by atoms with Crippen LogP contribution in [-0.2, 0) is 6.18 Å². The molecule has 134 valence electrons. The van der Waals surface area contributed by atoms with Crippen LogP contribution in [0.3, 0.4) is 0 Å². The van der Waals surface area contributed by atoms with Crippen LogP contribution in [0, 0.1) is 0 Å². The van der Waals surface area contributed by atoms with E-state index in [2.05, 4.69) is 25.6 Å². The van der Waals surface area contributed by atoms with E-state index >= 15 is 0 Å². The fourth-order valence-corrected chi connectivity index (χ4v) is 2.69. The highest BCUT2D eigenvalue weighted by Gasteiger charge is 2.36. The number of nitrogens with one attached hydrogen (secondary N) is 3. The molecular weight excluding hydrogens is 339 g/mol. The number of aromatic carboxylic acids is 1. The number of carbonyl (C=O) groups is 1. The van der Waals surface area contributed by atoms with Gasteiger partial charge in [0.1, 0.15) is 11.3 Å². The minimum Gasteiger partial charge on any atom is -0.477 e. The SMILES string of the molecule is O=C(O)c1cc(-c2nc(N[C@H]3CCCNC3)ncc2C(F)(F)F)c[nH]1. The molecule has 3 rings (SSSR count). The molecule has 0 unspecified atom stereocenters. The molecule has 1 atom stereocenters. The molecule has 0 saturated carbocycles. The average molecular weight is 355 g/mol. The smallest absolute Gasteiger partial charge is 0.419 e. The lowest BCUT2D eigenvalue weighted by Gasteiger charge is -2.24. The highest BCUT2D eigenvalue weighted by Crippen LogP contribution is 2.36. The lowest BCUT2D eigenvalue weighted by atomic mass is 10.1. The number of nitrogens with zero attached hydrogens (tertiary/aromatic N) is 2. The quantitative estimate of drug-likeness (QED) is 0.671. The summed E-state index contributed by atoms with van der Waals surface area (Å²) in [5.41, 5.74) is -1.56. The maximum absolute atomic E-state index is 13.3. The number of anilines is 1. The fourth-order valence-electron chi connectivity index (χ4n) is 2.69. The summed E-state index contributed by atoms with van der Waals surface area (Å²) in [5.74, 6) is -1.18. The summed E-state index contributed by atoms with van der Waals surface area (Å²) in [6, 6.07) is 1.14. The molecule has 2 aromatic rings. The van der Waals surface area contributed by atoms with Crippen LogP contribution < -0.4 is 10.6 Å². The van der Waals surface area contributed by atoms with Crippen molar-refractivity contribution in [2.45, 2.75) is 25.1 Å². The second kappa shape index (κ2) is 6.71. The molecule has 0 aromatic carbocycles. The Morgan fingerprint density at radius 3 is 2.80 bits per heavy atom. The van der Waals surface area contributed by atoms with Crippen molar-refractivity contribution in [1.82, 2.24) is 20.3 Å². The van der Waals surface area contributed by atoms with Crippen molar-refractivity contribution in [3.63, 3.8) is 0 Å². The largest absolute Gasteiger partial charge is 0.477 e. The highest BCUT2D eigenvalue weighted by molar-refractivity contribution is 5.87. The zero-order valence-corrected chi connectivity index (χ0v) is 13.0. The molecule has 25 heavy (non-hydrogen) atoms. The Morgan fingerprint density at radius 1 is 1.40 bits per heavy atom. The molecule has 0 radical (unpaired) electrons. The number of carboxylic acid groups (broad SMARTS) is 1. The standard InChI is InChI=1S/C15H16F3N5O2/c16-15(17,18)10-7-21-14(22-9-2-1-3-19-6-9)23-12(10)8-4-11(13(24)25)20-5-8/h4-5,7,9,19-20H,1-3,6H2,(H,24,25)(H,21,22,23)/t9-/m0/s1. The molecule has 2 aromatic heterocycles. The number of hydrogen-bond donors (Lipinski definition) is 4. The lowest BCUT2D eigenvalue weighted by molar-refractivity contribution is -0.137. The van der Waals surface area contributed by atoms with Gasteiger partial charge in [0.05, 0.1) is 5.69 Å². The van der Waals surface area contributed by atoms with Crippen LogP contribution in [0.15, 0.2) is 18.5 Å². The van der Waals surface area contributed by atoms with Gasteiger partial charge in [0.2, 0.25) is 5.95 Å². The number of H-pyrrole nitrogens is 1. The molecule has 0 amide bonds. The highest BCUT2D eigenvalue weighted by atomic mass is 19.4. The number of carboxylic acids is 1. The Hall–Kier alpha value is -2.62. The van der Waals surface area contributed by atoms with Gasteiger partial charge in [0.15, 0.2) is 0 Å². The first-order chi connectivity index (χ1) is 11.8. The van der Waals surface area contributed by atoms with Crippen molar-refractivity contribution < 1.29 is 23.1 Å². The predicted molar refractivity (Wildman–Crippen MR) is 83.3 cm³/mol. The second-order valence-corrected chi connectivity index (χ2v) is 5.75. The predicted octanol–water partition coefficient (Wildman–Crippen LogP) is 2.35. The van der Waals surface area contributed by atoms with E-state index < -0.39 is 17.7 Å². The van der Waals surface area contributed by atoms with Gasteiger partial charge in [-0.15, -0.1) is 0 Å². The van der Waals surface area contributed by atoms with Crippen molar-refractivity contribution in [2.24, 2.45) is 0 Å². The van der Waals surface area contributed by atoms with Crippen LogP contribution in [0.4, 0.5) is 19.1 Å². The molecule has 1 fully saturated rings. The number of alkyl halides is 3. The van der Waals surface area contributed by atoms with Crippen LogP contribution >= 0.6 is 0 Å². The summed E-state index contributed by atoms with van der Waals surface area (Å²) in [6.45, 7) is 1.58. The van der Waals surface area contributed by atoms with Gasteiger partial charge >= 0.3 is 12.1 Å². The first-order valence-corrected chi connectivity index (χ1v) is 7.68. The summed E-state index contributed by atoms with van der Waals surface area (Å²) < 4.78 is 39.8. The Bertz CT molecular complexity index is 769. The van der Waals surface area contributed by atoms with Crippen molar-refractivity contribution in [3.8, 4) is 11.3 Å². The van der Waals surface area contributed by atoms with Crippen molar-refractivity contribution in [1.29, 1.82) is 0 Å². The zero-order chi connectivity index (χ0) is 18.0. The fraction of sp³-hybridized carbons (Fsp3) is 0.400. The van der Waals surface area contributed by atoms with Gasteiger partial charge in [-0.1, -0.05) is 0 Å². The van der Waals surface area contributed by atoms with Crippen LogP contribution in [0.25, 0.3) is 11.3 Å². The summed E-state index contributed by atoms with van der Waals surface area (Å²) in [4.78, 5) is 21.1. The molecule has 3 heterocycles. The van der Waals surface area contributed by atoms with Crippen LogP contribution in [0.5, 0.6) is 0 Å². The molecule has 7 nitrogen and oxygen atoms in total. The third kappa shape index (κ3) is 3.90. The Morgan fingerprint density at radius 2 is 2.20 bits per heavy atom. The molecule has 1 aliphatic heterocycles. The van der Waals surface area contributed by atoms with Gasteiger partial charge in [-0.25, -0.2) is 14.8 Å². The van der Waals surface area contributed by atoms with E-state index in [0.717, 1.165) is 25.5 Å².